The highest BCUT2D eigenvalue weighted by molar-refractivity contribution is 5.95. The molecule has 0 bridgehead atoms. The summed E-state index contributed by atoms with van der Waals surface area (Å²) in [5.41, 5.74) is 1.67. The first-order chi connectivity index (χ1) is 8.67. The molecule has 0 aromatic heterocycles. The number of hydrogen-bond donors (Lipinski definition) is 2. The van der Waals surface area contributed by atoms with Crippen LogP contribution in [0.1, 0.15) is 37.0 Å². The maximum Gasteiger partial charge on any atom is 0.251 e. The van der Waals surface area contributed by atoms with Crippen LogP contribution < -0.4 is 10.6 Å². The zero-order valence-electron chi connectivity index (χ0n) is 11.2. The van der Waals surface area contributed by atoms with Crippen molar-refractivity contribution in [1.29, 1.82) is 0 Å². The molecule has 0 aliphatic rings. The smallest absolute Gasteiger partial charge is 0.251 e. The zero-order valence-corrected chi connectivity index (χ0v) is 11.2. The second-order valence-electron chi connectivity index (χ2n) is 4.35. The Morgan fingerprint density at radius 2 is 2.28 bits per heavy atom. The number of amides is 1. The Kier molecular flexibility index (Phi) is 5.98. The fourth-order valence-electron chi connectivity index (χ4n) is 1.74. The van der Waals surface area contributed by atoms with Gasteiger partial charge in [0.15, 0.2) is 0 Å². The van der Waals surface area contributed by atoms with Crippen molar-refractivity contribution in [3.63, 3.8) is 0 Å². The molecule has 3 nitrogen and oxygen atoms in total. The number of rotatable bonds is 7. The van der Waals surface area contributed by atoms with Gasteiger partial charge in [-0.2, -0.15) is 0 Å². The van der Waals surface area contributed by atoms with Crippen LogP contribution in [-0.2, 0) is 0 Å². The summed E-state index contributed by atoms with van der Waals surface area (Å²) in [5.74, 6) is -0.0279. The lowest BCUT2D eigenvalue weighted by Gasteiger charge is -2.15. The SMILES string of the molecule is C=CCCC(C)Nc1cccc(C(=O)NCC)c1. The number of allylic oxidation sites excluding steroid dienone is 1. The number of hydrogen-bond acceptors (Lipinski definition) is 2. The lowest BCUT2D eigenvalue weighted by molar-refractivity contribution is 0.0956. The van der Waals surface area contributed by atoms with Crippen molar-refractivity contribution in [2.45, 2.75) is 32.7 Å². The van der Waals surface area contributed by atoms with Crippen LogP contribution >= 0.6 is 0 Å². The van der Waals surface area contributed by atoms with Crippen LogP contribution in [0, 0.1) is 0 Å². The van der Waals surface area contributed by atoms with Gasteiger partial charge in [0.1, 0.15) is 0 Å². The molecule has 1 aromatic carbocycles. The molecule has 0 heterocycles. The molecule has 0 aliphatic carbocycles. The van der Waals surface area contributed by atoms with Crippen molar-refractivity contribution < 1.29 is 4.79 Å². The molecule has 0 radical (unpaired) electrons. The van der Waals surface area contributed by atoms with Crippen LogP contribution in [-0.4, -0.2) is 18.5 Å². The van der Waals surface area contributed by atoms with Crippen molar-refractivity contribution in [2.24, 2.45) is 0 Å². The number of anilines is 1. The molecule has 1 rings (SSSR count). The van der Waals surface area contributed by atoms with Crippen LogP contribution in [0.5, 0.6) is 0 Å². The van der Waals surface area contributed by atoms with Gasteiger partial charge in [-0.1, -0.05) is 12.1 Å². The largest absolute Gasteiger partial charge is 0.383 e. The van der Waals surface area contributed by atoms with Gasteiger partial charge in [-0.05, 0) is 44.9 Å². The van der Waals surface area contributed by atoms with Crippen LogP contribution in [0.2, 0.25) is 0 Å². The fraction of sp³-hybridized carbons (Fsp3) is 0.400. The van der Waals surface area contributed by atoms with Crippen LogP contribution in [0.25, 0.3) is 0 Å². The van der Waals surface area contributed by atoms with Crippen molar-refractivity contribution >= 4 is 11.6 Å². The van der Waals surface area contributed by atoms with Gasteiger partial charge in [-0.15, -0.1) is 6.58 Å². The maximum absolute atomic E-state index is 11.7. The number of carbonyl (C=O) groups excluding carboxylic acids is 1. The van der Waals surface area contributed by atoms with Crippen molar-refractivity contribution in [1.82, 2.24) is 5.32 Å². The monoisotopic (exact) mass is 246 g/mol. The molecule has 2 N–H and O–H groups in total. The van der Waals surface area contributed by atoms with Crippen LogP contribution in [0.3, 0.4) is 0 Å². The van der Waals surface area contributed by atoms with Gasteiger partial charge in [0.25, 0.3) is 5.91 Å². The van der Waals surface area contributed by atoms with E-state index in [1.54, 1.807) is 0 Å². The molecule has 1 amide bonds. The molecule has 1 unspecified atom stereocenters. The fourth-order valence-corrected chi connectivity index (χ4v) is 1.74. The second-order valence-corrected chi connectivity index (χ2v) is 4.35. The third kappa shape index (κ3) is 4.62. The topological polar surface area (TPSA) is 41.1 Å². The van der Waals surface area contributed by atoms with Gasteiger partial charge in [0, 0.05) is 23.8 Å². The maximum atomic E-state index is 11.7. The van der Waals surface area contributed by atoms with E-state index in [1.807, 2.05) is 37.3 Å². The molecule has 0 aliphatic heterocycles. The molecule has 18 heavy (non-hydrogen) atoms. The Labute approximate surface area is 109 Å². The van der Waals surface area contributed by atoms with Gasteiger partial charge < -0.3 is 10.6 Å². The van der Waals surface area contributed by atoms with Crippen LogP contribution in [0.15, 0.2) is 36.9 Å². The minimum Gasteiger partial charge on any atom is -0.383 e. The first kappa shape index (κ1) is 14.3. The first-order valence-electron chi connectivity index (χ1n) is 6.43. The van der Waals surface area contributed by atoms with Gasteiger partial charge in [-0.25, -0.2) is 0 Å². The molecule has 0 spiro atoms. The molecule has 0 fully saturated rings. The Morgan fingerprint density at radius 1 is 1.50 bits per heavy atom. The van der Waals surface area contributed by atoms with E-state index in [9.17, 15) is 4.79 Å². The molecule has 3 heteroatoms. The highest BCUT2D eigenvalue weighted by atomic mass is 16.1. The van der Waals surface area contributed by atoms with Crippen molar-refractivity contribution in [3.8, 4) is 0 Å². The van der Waals surface area contributed by atoms with E-state index in [0.717, 1.165) is 18.5 Å². The summed E-state index contributed by atoms with van der Waals surface area (Å²) in [6.07, 6.45) is 3.95. The summed E-state index contributed by atoms with van der Waals surface area (Å²) in [5, 5.41) is 6.18. The predicted molar refractivity (Wildman–Crippen MR) is 77.0 cm³/mol. The number of benzene rings is 1. The Hall–Kier alpha value is -1.77. The summed E-state index contributed by atoms with van der Waals surface area (Å²) in [4.78, 5) is 11.7. The lowest BCUT2D eigenvalue weighted by atomic mass is 10.1. The lowest BCUT2D eigenvalue weighted by Crippen LogP contribution is -2.23. The molecular formula is C15H22N2O. The van der Waals surface area contributed by atoms with E-state index < -0.39 is 0 Å². The quantitative estimate of drug-likeness (QED) is 0.725. The minimum absolute atomic E-state index is 0.0279. The average molecular weight is 246 g/mol. The highest BCUT2D eigenvalue weighted by Gasteiger charge is 2.06. The summed E-state index contributed by atoms with van der Waals surface area (Å²) >= 11 is 0. The van der Waals surface area contributed by atoms with E-state index >= 15 is 0 Å². The standard InChI is InChI=1S/C15H22N2O/c1-4-6-8-12(3)17-14-10-7-9-13(11-14)15(18)16-5-2/h4,7,9-12,17H,1,5-6,8H2,2-3H3,(H,16,18). The van der Waals surface area contributed by atoms with Gasteiger partial charge in [0.2, 0.25) is 0 Å². The Bertz CT molecular complexity index is 401. The third-order valence-electron chi connectivity index (χ3n) is 2.68. The van der Waals surface area contributed by atoms with Gasteiger partial charge >= 0.3 is 0 Å². The molecule has 98 valence electrons. The summed E-state index contributed by atoms with van der Waals surface area (Å²) in [6, 6.07) is 7.95. The molecule has 1 aromatic rings. The third-order valence-corrected chi connectivity index (χ3v) is 2.68. The highest BCUT2D eigenvalue weighted by Crippen LogP contribution is 2.13. The van der Waals surface area contributed by atoms with E-state index in [2.05, 4.69) is 24.1 Å². The van der Waals surface area contributed by atoms with E-state index in [1.165, 1.54) is 0 Å². The normalized spacial score (nSPS) is 11.7. The summed E-state index contributed by atoms with van der Waals surface area (Å²) in [6.45, 7) is 8.40. The Balaban J connectivity index is 2.64. The van der Waals surface area contributed by atoms with Gasteiger partial charge in [0.05, 0.1) is 0 Å². The Morgan fingerprint density at radius 3 is 2.94 bits per heavy atom. The first-order valence-corrected chi connectivity index (χ1v) is 6.43. The average Bonchev–Trinajstić information content (AvgIpc) is 2.37. The molecular weight excluding hydrogens is 224 g/mol. The molecule has 1 atom stereocenters. The van der Waals surface area contributed by atoms with E-state index in [0.29, 0.717) is 18.2 Å². The van der Waals surface area contributed by atoms with E-state index in [4.69, 9.17) is 0 Å². The zero-order chi connectivity index (χ0) is 13.4. The molecule has 0 saturated heterocycles. The molecule has 0 saturated carbocycles. The predicted octanol–water partition coefficient (Wildman–Crippen LogP) is 3.20. The minimum atomic E-state index is -0.0279. The van der Waals surface area contributed by atoms with Gasteiger partial charge in [-0.3, -0.25) is 4.79 Å². The van der Waals surface area contributed by atoms with E-state index in [-0.39, 0.29) is 5.91 Å². The van der Waals surface area contributed by atoms with Crippen LogP contribution in [0.4, 0.5) is 5.69 Å². The number of carbonyl (C=O) groups is 1. The number of nitrogens with one attached hydrogen (secondary N) is 2. The summed E-state index contributed by atoms with van der Waals surface area (Å²) in [7, 11) is 0. The second kappa shape index (κ2) is 7.54. The summed E-state index contributed by atoms with van der Waals surface area (Å²) < 4.78 is 0. The van der Waals surface area contributed by atoms with Crippen molar-refractivity contribution in [2.75, 3.05) is 11.9 Å². The van der Waals surface area contributed by atoms with Crippen molar-refractivity contribution in [3.05, 3.63) is 42.5 Å².